The molecule has 2 atom stereocenters. The number of hydrogen-bond acceptors (Lipinski definition) is 4. The lowest BCUT2D eigenvalue weighted by molar-refractivity contribution is -0.175. The van der Waals surface area contributed by atoms with Crippen molar-refractivity contribution in [2.45, 2.75) is 56.6 Å². The van der Waals surface area contributed by atoms with Crippen LogP contribution in [0.3, 0.4) is 0 Å². The number of ether oxygens (including phenoxy) is 1. The Bertz CT molecular complexity index is 429. The molecule has 0 saturated heterocycles. The first-order valence-corrected chi connectivity index (χ1v) is 7.09. The molecule has 1 saturated carbocycles. The Morgan fingerprint density at radius 2 is 1.75 bits per heavy atom. The molecule has 7 heteroatoms. The Labute approximate surface area is 128 Å². The van der Waals surface area contributed by atoms with E-state index in [1.165, 1.54) is 6.92 Å². The molecule has 0 aromatic heterocycles. The predicted molar refractivity (Wildman–Crippen MR) is 76.6 cm³/mol. The van der Waals surface area contributed by atoms with Gasteiger partial charge in [0.15, 0.2) is 5.60 Å². The first-order chi connectivity index (χ1) is 8.71. The number of halogens is 2. The molecule has 1 fully saturated rings. The largest absolute Gasteiger partial charge is 0.458 e. The van der Waals surface area contributed by atoms with Crippen LogP contribution in [0.1, 0.15) is 41.0 Å². The highest BCUT2D eigenvalue weighted by Gasteiger charge is 2.67. The van der Waals surface area contributed by atoms with Crippen LogP contribution in [-0.4, -0.2) is 39.1 Å². The lowest BCUT2D eigenvalue weighted by atomic mass is 10.0. The maximum Gasteiger partial charge on any atom is 0.340 e. The van der Waals surface area contributed by atoms with Crippen molar-refractivity contribution in [2.75, 3.05) is 6.54 Å². The zero-order chi connectivity index (χ0) is 16.0. The second-order valence-electron chi connectivity index (χ2n) is 6.67. The molecule has 0 aromatic rings. The van der Waals surface area contributed by atoms with E-state index in [9.17, 15) is 14.7 Å². The second kappa shape index (κ2) is 5.04. The maximum absolute atomic E-state index is 12.0. The second-order valence-corrected chi connectivity index (χ2v) is 8.16. The van der Waals surface area contributed by atoms with E-state index in [0.29, 0.717) is 6.42 Å². The highest BCUT2D eigenvalue weighted by atomic mass is 35.5. The summed E-state index contributed by atoms with van der Waals surface area (Å²) in [7, 11) is 0. The standard InChI is InChI=1S/C13H21Cl2NO4/c1-10(2,3)20-9(18)12(5,19)7-16-8(17)11(4)6-13(11,14)15/h19H,6-7H2,1-5H3,(H,16,17)/t11-,12+/m1/s1. The van der Waals surface area contributed by atoms with Crippen molar-refractivity contribution in [3.05, 3.63) is 0 Å². The van der Waals surface area contributed by atoms with Gasteiger partial charge in [0.1, 0.15) is 9.93 Å². The molecular formula is C13H21Cl2NO4. The quantitative estimate of drug-likeness (QED) is 0.610. The molecule has 5 nitrogen and oxygen atoms in total. The Morgan fingerprint density at radius 3 is 2.10 bits per heavy atom. The van der Waals surface area contributed by atoms with Crippen molar-refractivity contribution in [1.29, 1.82) is 0 Å². The Morgan fingerprint density at radius 1 is 1.30 bits per heavy atom. The number of carbonyl (C=O) groups is 2. The van der Waals surface area contributed by atoms with E-state index >= 15 is 0 Å². The first kappa shape index (κ1) is 17.5. The molecule has 2 N–H and O–H groups in total. The summed E-state index contributed by atoms with van der Waals surface area (Å²) in [5, 5.41) is 12.5. The number of rotatable bonds is 4. The predicted octanol–water partition coefficient (Wildman–Crippen LogP) is 1.78. The third-order valence-corrected chi connectivity index (χ3v) is 4.29. The minimum atomic E-state index is -1.81. The summed E-state index contributed by atoms with van der Waals surface area (Å²) < 4.78 is 4.00. The van der Waals surface area contributed by atoms with Crippen molar-refractivity contribution >= 4 is 35.1 Å². The average Bonchev–Trinajstić information content (AvgIpc) is 2.73. The van der Waals surface area contributed by atoms with Gasteiger partial charge < -0.3 is 15.2 Å². The Balaban J connectivity index is 2.56. The highest BCUT2D eigenvalue weighted by Crippen LogP contribution is 2.63. The van der Waals surface area contributed by atoms with Crippen LogP contribution >= 0.6 is 23.2 Å². The van der Waals surface area contributed by atoms with Crippen molar-refractivity contribution in [3.63, 3.8) is 0 Å². The summed E-state index contributed by atoms with van der Waals surface area (Å²) in [6.07, 6.45) is 0.337. The zero-order valence-electron chi connectivity index (χ0n) is 12.3. The van der Waals surface area contributed by atoms with Gasteiger partial charge in [-0.3, -0.25) is 4.79 Å². The molecule has 0 bridgehead atoms. The number of carbonyl (C=O) groups excluding carboxylic acids is 2. The molecule has 1 amide bonds. The van der Waals surface area contributed by atoms with Crippen molar-refractivity contribution < 1.29 is 19.4 Å². The summed E-state index contributed by atoms with van der Waals surface area (Å²) >= 11 is 11.8. The van der Waals surface area contributed by atoms with Gasteiger partial charge in [-0.05, 0) is 41.0 Å². The van der Waals surface area contributed by atoms with Gasteiger partial charge in [-0.15, -0.1) is 23.2 Å². The van der Waals surface area contributed by atoms with Gasteiger partial charge in [-0.2, -0.15) is 0 Å². The van der Waals surface area contributed by atoms with E-state index in [0.717, 1.165) is 0 Å². The van der Waals surface area contributed by atoms with Gasteiger partial charge in [-0.25, -0.2) is 4.79 Å². The summed E-state index contributed by atoms with van der Waals surface area (Å²) in [5.74, 6) is -1.19. The van der Waals surface area contributed by atoms with Crippen LogP contribution in [0, 0.1) is 5.41 Å². The molecule has 0 aromatic carbocycles. The zero-order valence-corrected chi connectivity index (χ0v) is 13.9. The molecule has 116 valence electrons. The van der Waals surface area contributed by atoms with Crippen LogP contribution in [-0.2, 0) is 14.3 Å². The maximum atomic E-state index is 12.0. The fourth-order valence-corrected chi connectivity index (χ4v) is 2.26. The fraction of sp³-hybridized carbons (Fsp3) is 0.846. The normalized spacial score (nSPS) is 27.4. The third kappa shape index (κ3) is 3.77. The van der Waals surface area contributed by atoms with Crippen LogP contribution in [0.25, 0.3) is 0 Å². The number of nitrogens with one attached hydrogen (secondary N) is 1. The number of hydrogen-bond donors (Lipinski definition) is 2. The number of amides is 1. The van der Waals surface area contributed by atoms with E-state index in [2.05, 4.69) is 5.32 Å². The monoisotopic (exact) mass is 325 g/mol. The summed E-state index contributed by atoms with van der Waals surface area (Å²) in [4.78, 5) is 23.8. The van der Waals surface area contributed by atoms with E-state index in [1.54, 1.807) is 27.7 Å². The Kier molecular flexibility index (Phi) is 4.42. The lowest BCUT2D eigenvalue weighted by Gasteiger charge is -2.28. The molecule has 0 heterocycles. The summed E-state index contributed by atoms with van der Waals surface area (Å²) in [6.45, 7) is 7.73. The number of alkyl halides is 2. The molecule has 0 unspecified atom stereocenters. The fourth-order valence-electron chi connectivity index (χ4n) is 1.55. The number of aliphatic hydroxyl groups is 1. The lowest BCUT2D eigenvalue weighted by Crippen LogP contribution is -2.50. The summed E-state index contributed by atoms with van der Waals surface area (Å²) in [6, 6.07) is 0. The molecule has 0 spiro atoms. The van der Waals surface area contributed by atoms with Gasteiger partial charge in [-0.1, -0.05) is 0 Å². The number of esters is 1. The molecule has 0 radical (unpaired) electrons. The third-order valence-electron chi connectivity index (χ3n) is 3.19. The van der Waals surface area contributed by atoms with Gasteiger partial charge in [0.25, 0.3) is 0 Å². The molecule has 1 aliphatic rings. The first-order valence-electron chi connectivity index (χ1n) is 6.33. The van der Waals surface area contributed by atoms with E-state index in [1.807, 2.05) is 0 Å². The van der Waals surface area contributed by atoms with Crippen LogP contribution in [0.4, 0.5) is 0 Å². The van der Waals surface area contributed by atoms with Crippen LogP contribution < -0.4 is 5.32 Å². The molecular weight excluding hydrogens is 305 g/mol. The van der Waals surface area contributed by atoms with Crippen molar-refractivity contribution in [1.82, 2.24) is 5.32 Å². The van der Waals surface area contributed by atoms with Gasteiger partial charge in [0.05, 0.1) is 12.0 Å². The van der Waals surface area contributed by atoms with Gasteiger partial charge >= 0.3 is 5.97 Å². The molecule has 1 rings (SSSR count). The minimum Gasteiger partial charge on any atom is -0.458 e. The van der Waals surface area contributed by atoms with Gasteiger partial charge in [0.2, 0.25) is 5.91 Å². The van der Waals surface area contributed by atoms with Crippen molar-refractivity contribution in [2.24, 2.45) is 5.41 Å². The van der Waals surface area contributed by atoms with Gasteiger partial charge in [0, 0.05) is 0 Å². The van der Waals surface area contributed by atoms with Crippen molar-refractivity contribution in [3.8, 4) is 0 Å². The highest BCUT2D eigenvalue weighted by molar-refractivity contribution is 6.53. The van der Waals surface area contributed by atoms with E-state index in [4.69, 9.17) is 27.9 Å². The Hall–Kier alpha value is -0.520. The van der Waals surface area contributed by atoms with Crippen LogP contribution in [0.5, 0.6) is 0 Å². The van der Waals surface area contributed by atoms with Crippen LogP contribution in [0.15, 0.2) is 0 Å². The smallest absolute Gasteiger partial charge is 0.340 e. The van der Waals surface area contributed by atoms with E-state index < -0.39 is 32.8 Å². The minimum absolute atomic E-state index is 0.264. The molecule has 0 aliphatic heterocycles. The average molecular weight is 326 g/mol. The molecule has 1 aliphatic carbocycles. The summed E-state index contributed by atoms with van der Waals surface area (Å²) in [5.41, 5.74) is -3.41. The van der Waals surface area contributed by atoms with Crippen LogP contribution in [0.2, 0.25) is 0 Å². The van der Waals surface area contributed by atoms with E-state index in [-0.39, 0.29) is 6.54 Å². The topological polar surface area (TPSA) is 75.6 Å². The SMILES string of the molecule is CC(C)(C)OC(=O)[C@@](C)(O)CNC(=O)[C@@]1(C)CC1(Cl)Cl. The molecule has 20 heavy (non-hydrogen) atoms.